The highest BCUT2D eigenvalue weighted by Gasteiger charge is 2.13. The van der Waals surface area contributed by atoms with Crippen molar-refractivity contribution in [1.29, 1.82) is 0 Å². The number of amides is 2. The molecular weight excluding hydrogens is 354 g/mol. The maximum absolute atomic E-state index is 13.2. The third kappa shape index (κ3) is 4.55. The van der Waals surface area contributed by atoms with Crippen molar-refractivity contribution >= 4 is 17.4 Å². The highest BCUT2D eigenvalue weighted by molar-refractivity contribution is 6.00. The maximum atomic E-state index is 13.2. The van der Waals surface area contributed by atoms with Crippen molar-refractivity contribution in [2.45, 2.75) is 13.8 Å². The predicted octanol–water partition coefficient (Wildman–Crippen LogP) is 4.81. The standard InChI is InChI=1S/C19H16F2N4O2/c1-11-17(25-18(26)24-13-8-9-15(20)16(21)10-13)12(2)23-19(22-11)27-14-6-4-3-5-7-14/h3-10H,1-2H3,(H2,24,25,26). The molecule has 0 unspecified atom stereocenters. The molecule has 0 radical (unpaired) electrons. The molecule has 2 aromatic carbocycles. The number of nitrogens with zero attached hydrogens (tertiary/aromatic N) is 2. The van der Waals surface area contributed by atoms with Gasteiger partial charge in [0.05, 0.1) is 17.1 Å². The van der Waals surface area contributed by atoms with Crippen LogP contribution in [0.5, 0.6) is 11.8 Å². The third-order valence-corrected chi connectivity index (χ3v) is 3.62. The Balaban J connectivity index is 1.72. The summed E-state index contributed by atoms with van der Waals surface area (Å²) in [6, 6.07) is 11.7. The number of aryl methyl sites for hydroxylation is 2. The second-order valence-electron chi connectivity index (χ2n) is 5.68. The number of para-hydroxylation sites is 1. The summed E-state index contributed by atoms with van der Waals surface area (Å²) in [5.41, 5.74) is 1.50. The van der Waals surface area contributed by atoms with Crippen molar-refractivity contribution in [3.63, 3.8) is 0 Å². The molecule has 138 valence electrons. The monoisotopic (exact) mass is 370 g/mol. The average molecular weight is 370 g/mol. The van der Waals surface area contributed by atoms with Crippen LogP contribution in [0.1, 0.15) is 11.4 Å². The van der Waals surface area contributed by atoms with Gasteiger partial charge in [0.1, 0.15) is 5.75 Å². The molecular formula is C19H16F2N4O2. The number of rotatable bonds is 4. The lowest BCUT2D eigenvalue weighted by atomic mass is 10.3. The molecule has 2 N–H and O–H groups in total. The van der Waals surface area contributed by atoms with Gasteiger partial charge in [0.15, 0.2) is 11.6 Å². The first-order valence-electron chi connectivity index (χ1n) is 8.03. The predicted molar refractivity (Wildman–Crippen MR) is 97.0 cm³/mol. The zero-order valence-corrected chi connectivity index (χ0v) is 14.6. The molecule has 0 fully saturated rings. The van der Waals surface area contributed by atoms with E-state index in [1.165, 1.54) is 6.07 Å². The highest BCUT2D eigenvalue weighted by atomic mass is 19.2. The number of hydrogen-bond donors (Lipinski definition) is 2. The van der Waals surface area contributed by atoms with Gasteiger partial charge in [-0.25, -0.2) is 13.6 Å². The molecule has 0 bridgehead atoms. The van der Waals surface area contributed by atoms with Crippen LogP contribution in [0.4, 0.5) is 25.0 Å². The lowest BCUT2D eigenvalue weighted by Crippen LogP contribution is -2.21. The Morgan fingerprint density at radius 3 is 2.22 bits per heavy atom. The summed E-state index contributed by atoms with van der Waals surface area (Å²) < 4.78 is 31.8. The topological polar surface area (TPSA) is 76.1 Å². The number of carbonyl (C=O) groups excluding carboxylic acids is 1. The first kappa shape index (κ1) is 18.2. The summed E-state index contributed by atoms with van der Waals surface area (Å²) in [7, 11) is 0. The van der Waals surface area contributed by atoms with Crippen LogP contribution in [0.25, 0.3) is 0 Å². The molecule has 3 aromatic rings. The van der Waals surface area contributed by atoms with E-state index >= 15 is 0 Å². The Bertz CT molecular complexity index is 958. The number of ether oxygens (including phenoxy) is 1. The Hall–Kier alpha value is -3.55. The van der Waals surface area contributed by atoms with E-state index in [-0.39, 0.29) is 11.7 Å². The highest BCUT2D eigenvalue weighted by Crippen LogP contribution is 2.23. The SMILES string of the molecule is Cc1nc(Oc2ccccc2)nc(C)c1NC(=O)Nc1ccc(F)c(F)c1. The third-order valence-electron chi connectivity index (χ3n) is 3.62. The van der Waals surface area contributed by atoms with Crippen molar-refractivity contribution in [2.75, 3.05) is 10.6 Å². The summed E-state index contributed by atoms with van der Waals surface area (Å²) in [4.78, 5) is 20.6. The number of halogens is 2. The molecule has 0 atom stereocenters. The largest absolute Gasteiger partial charge is 0.424 e. The Kier molecular flexibility index (Phi) is 5.25. The molecule has 1 heterocycles. The van der Waals surface area contributed by atoms with Crippen LogP contribution in [-0.2, 0) is 0 Å². The van der Waals surface area contributed by atoms with Gasteiger partial charge in [-0.3, -0.25) is 0 Å². The van der Waals surface area contributed by atoms with Gasteiger partial charge in [-0.15, -0.1) is 0 Å². The number of urea groups is 1. The van der Waals surface area contributed by atoms with Gasteiger partial charge in [-0.2, -0.15) is 9.97 Å². The molecule has 0 spiro atoms. The number of benzene rings is 2. The van der Waals surface area contributed by atoms with Crippen molar-refractivity contribution in [3.05, 3.63) is 71.6 Å². The summed E-state index contributed by atoms with van der Waals surface area (Å²) in [6.45, 7) is 3.39. The van der Waals surface area contributed by atoms with Crippen molar-refractivity contribution in [1.82, 2.24) is 9.97 Å². The van der Waals surface area contributed by atoms with Gasteiger partial charge < -0.3 is 15.4 Å². The van der Waals surface area contributed by atoms with Crippen LogP contribution in [-0.4, -0.2) is 16.0 Å². The summed E-state index contributed by atoms with van der Waals surface area (Å²) in [5.74, 6) is -1.45. The first-order chi connectivity index (χ1) is 12.9. The lowest BCUT2D eigenvalue weighted by Gasteiger charge is -2.13. The van der Waals surface area contributed by atoms with Crippen LogP contribution in [0.15, 0.2) is 48.5 Å². The van der Waals surface area contributed by atoms with E-state index in [1.807, 2.05) is 18.2 Å². The molecule has 0 saturated heterocycles. The molecule has 8 heteroatoms. The molecule has 2 amide bonds. The zero-order valence-electron chi connectivity index (χ0n) is 14.6. The number of nitrogens with one attached hydrogen (secondary N) is 2. The summed E-state index contributed by atoms with van der Waals surface area (Å²) in [6.07, 6.45) is 0. The molecule has 0 aliphatic carbocycles. The summed E-state index contributed by atoms with van der Waals surface area (Å²) in [5, 5.41) is 5.03. The van der Waals surface area contributed by atoms with E-state index < -0.39 is 17.7 Å². The first-order valence-corrected chi connectivity index (χ1v) is 8.03. The Labute approximate surface area is 154 Å². The normalized spacial score (nSPS) is 10.4. The minimum Gasteiger partial charge on any atom is -0.424 e. The van der Waals surface area contributed by atoms with Gasteiger partial charge in [-0.05, 0) is 38.1 Å². The number of aromatic nitrogens is 2. The molecule has 3 rings (SSSR count). The summed E-state index contributed by atoms with van der Waals surface area (Å²) >= 11 is 0. The van der Waals surface area contributed by atoms with Gasteiger partial charge in [0.25, 0.3) is 0 Å². The van der Waals surface area contributed by atoms with Gasteiger partial charge >= 0.3 is 12.0 Å². The fourth-order valence-electron chi connectivity index (χ4n) is 2.36. The lowest BCUT2D eigenvalue weighted by molar-refractivity contribution is 0.262. The molecule has 0 saturated carbocycles. The van der Waals surface area contributed by atoms with E-state index in [4.69, 9.17) is 4.74 Å². The van der Waals surface area contributed by atoms with Crippen LogP contribution in [0.3, 0.4) is 0 Å². The van der Waals surface area contributed by atoms with E-state index in [9.17, 15) is 13.6 Å². The molecule has 0 aliphatic rings. The smallest absolute Gasteiger partial charge is 0.323 e. The van der Waals surface area contributed by atoms with E-state index in [0.717, 1.165) is 12.1 Å². The van der Waals surface area contributed by atoms with Crippen LogP contribution < -0.4 is 15.4 Å². The average Bonchev–Trinajstić information content (AvgIpc) is 2.62. The fraction of sp³-hybridized carbons (Fsp3) is 0.105. The van der Waals surface area contributed by atoms with Gasteiger partial charge in [-0.1, -0.05) is 18.2 Å². The van der Waals surface area contributed by atoms with Crippen molar-refractivity contribution in [2.24, 2.45) is 0 Å². The molecule has 6 nitrogen and oxygen atoms in total. The molecule has 1 aromatic heterocycles. The number of anilines is 2. The van der Waals surface area contributed by atoms with E-state index in [1.54, 1.807) is 26.0 Å². The second kappa shape index (κ2) is 7.77. The van der Waals surface area contributed by atoms with Crippen LogP contribution >= 0.6 is 0 Å². The maximum Gasteiger partial charge on any atom is 0.323 e. The fourth-order valence-corrected chi connectivity index (χ4v) is 2.36. The molecule has 27 heavy (non-hydrogen) atoms. The Morgan fingerprint density at radius 2 is 1.59 bits per heavy atom. The van der Waals surface area contributed by atoms with Crippen molar-refractivity contribution in [3.8, 4) is 11.8 Å². The number of carbonyl (C=O) groups is 1. The number of hydrogen-bond acceptors (Lipinski definition) is 4. The van der Waals surface area contributed by atoms with Gasteiger partial charge in [0.2, 0.25) is 0 Å². The van der Waals surface area contributed by atoms with E-state index in [0.29, 0.717) is 22.8 Å². The Morgan fingerprint density at radius 1 is 0.926 bits per heavy atom. The van der Waals surface area contributed by atoms with E-state index in [2.05, 4.69) is 20.6 Å². The minimum atomic E-state index is -1.05. The second-order valence-corrected chi connectivity index (χ2v) is 5.68. The van der Waals surface area contributed by atoms with Crippen molar-refractivity contribution < 1.29 is 18.3 Å². The minimum absolute atomic E-state index is 0.117. The van der Waals surface area contributed by atoms with Crippen LogP contribution in [0.2, 0.25) is 0 Å². The van der Waals surface area contributed by atoms with Gasteiger partial charge in [0, 0.05) is 11.8 Å². The quantitative estimate of drug-likeness (QED) is 0.691. The molecule has 0 aliphatic heterocycles. The zero-order chi connectivity index (χ0) is 19.4. The van der Waals surface area contributed by atoms with Crippen LogP contribution in [0, 0.1) is 25.5 Å².